The second kappa shape index (κ2) is 19.5. The van der Waals surface area contributed by atoms with Gasteiger partial charge in [0.15, 0.2) is 8.07 Å². The van der Waals surface area contributed by atoms with E-state index in [1.54, 1.807) is 20.8 Å². The molecular formula is C38H49Cl3SiTi. The van der Waals surface area contributed by atoms with E-state index in [-0.39, 0.29) is 58.9 Å². The van der Waals surface area contributed by atoms with E-state index in [1.807, 2.05) is 0 Å². The Labute approximate surface area is 297 Å². The zero-order valence-electron chi connectivity index (χ0n) is 27.3. The summed E-state index contributed by atoms with van der Waals surface area (Å²) in [6, 6.07) is 22.8. The zero-order chi connectivity index (χ0) is 28.0. The Bertz CT molecular complexity index is 1170. The third-order valence-electron chi connectivity index (χ3n) is 8.74. The first-order chi connectivity index (χ1) is 18.9. The second-order valence-electron chi connectivity index (χ2n) is 11.3. The van der Waals surface area contributed by atoms with Crippen LogP contribution in [0.1, 0.15) is 101 Å². The molecule has 4 rings (SSSR count). The van der Waals surface area contributed by atoms with E-state index in [4.69, 9.17) is 0 Å². The molecule has 0 amide bonds. The molecule has 0 aromatic heterocycles. The van der Waals surface area contributed by atoms with Crippen molar-refractivity contribution in [3.63, 3.8) is 0 Å². The second-order valence-corrected chi connectivity index (χ2v) is 15.1. The van der Waals surface area contributed by atoms with Crippen molar-refractivity contribution in [1.82, 2.24) is 0 Å². The SMILES string of the molecule is CCCC1=CCC([Si](c2cc(CC)cc(CC)c2)(c2cc(CC)cc(CC)c2)c2cc(CC)cc(CC)c2)=[C-]1.[Cl-].[Cl-].[Cl-].[Ti+4]. The largest absolute Gasteiger partial charge is 4.00 e. The maximum absolute atomic E-state index is 4.09. The van der Waals surface area contributed by atoms with Crippen molar-refractivity contribution >= 4 is 23.6 Å². The molecular weight excluding hydrogens is 639 g/mol. The number of hydrogen-bond donors (Lipinski definition) is 0. The van der Waals surface area contributed by atoms with Crippen molar-refractivity contribution < 1.29 is 58.9 Å². The molecule has 3 aromatic carbocycles. The fourth-order valence-corrected chi connectivity index (χ4v) is 11.6. The molecule has 0 spiro atoms. The molecule has 1 aliphatic carbocycles. The molecule has 0 bridgehead atoms. The summed E-state index contributed by atoms with van der Waals surface area (Å²) < 4.78 is 0. The van der Waals surface area contributed by atoms with Crippen LogP contribution in [0.4, 0.5) is 0 Å². The maximum atomic E-state index is 4.09. The molecule has 1 aliphatic rings. The number of hydrogen-bond acceptors (Lipinski definition) is 0. The minimum atomic E-state index is -2.59. The van der Waals surface area contributed by atoms with Gasteiger partial charge < -0.3 is 37.2 Å². The minimum absolute atomic E-state index is 0. The van der Waals surface area contributed by atoms with E-state index in [0.29, 0.717) is 0 Å². The van der Waals surface area contributed by atoms with Gasteiger partial charge in [0.1, 0.15) is 0 Å². The predicted molar refractivity (Wildman–Crippen MR) is 175 cm³/mol. The van der Waals surface area contributed by atoms with E-state index in [2.05, 4.69) is 115 Å². The fraction of sp³-hybridized carbons (Fsp3) is 0.421. The molecule has 0 N–H and O–H groups in total. The van der Waals surface area contributed by atoms with E-state index >= 15 is 0 Å². The molecule has 0 saturated heterocycles. The van der Waals surface area contributed by atoms with Crippen molar-refractivity contribution in [3.05, 3.63) is 111 Å². The van der Waals surface area contributed by atoms with Gasteiger partial charge >= 0.3 is 21.7 Å². The minimum Gasteiger partial charge on any atom is -1.00 e. The summed E-state index contributed by atoms with van der Waals surface area (Å²) in [7, 11) is -2.59. The molecule has 43 heavy (non-hydrogen) atoms. The first kappa shape index (κ1) is 41.9. The van der Waals surface area contributed by atoms with Gasteiger partial charge in [-0.25, -0.2) is 11.6 Å². The Kier molecular flexibility index (Phi) is 19.0. The van der Waals surface area contributed by atoms with Crippen LogP contribution in [0.2, 0.25) is 0 Å². The van der Waals surface area contributed by atoms with Crippen molar-refractivity contribution in [2.75, 3.05) is 0 Å². The Hall–Kier alpha value is -1.06. The Balaban J connectivity index is 0.00000441. The molecule has 5 heteroatoms. The first-order valence-electron chi connectivity index (χ1n) is 15.7. The normalized spacial score (nSPS) is 12.3. The van der Waals surface area contributed by atoms with Crippen LogP contribution >= 0.6 is 0 Å². The average molecular weight is 688 g/mol. The summed E-state index contributed by atoms with van der Waals surface area (Å²) in [5, 5.41) is 6.21. The van der Waals surface area contributed by atoms with Gasteiger partial charge in [0, 0.05) is 0 Å². The smallest absolute Gasteiger partial charge is 1.00 e. The van der Waals surface area contributed by atoms with E-state index in [9.17, 15) is 0 Å². The molecule has 0 atom stereocenters. The number of rotatable bonds is 12. The molecule has 0 nitrogen and oxygen atoms in total. The zero-order valence-corrected chi connectivity index (χ0v) is 32.1. The fourth-order valence-electron chi connectivity index (χ4n) is 6.39. The maximum Gasteiger partial charge on any atom is 4.00 e. The van der Waals surface area contributed by atoms with Crippen LogP contribution in [-0.4, -0.2) is 8.07 Å². The Morgan fingerprint density at radius 2 is 0.814 bits per heavy atom. The summed E-state index contributed by atoms with van der Waals surface area (Å²) in [5.41, 5.74) is 10.2. The van der Waals surface area contributed by atoms with E-state index in [0.717, 1.165) is 51.4 Å². The first-order valence-corrected chi connectivity index (χ1v) is 17.7. The van der Waals surface area contributed by atoms with Gasteiger partial charge in [-0.2, -0.15) is 5.20 Å². The molecule has 0 fully saturated rings. The monoisotopic (exact) mass is 686 g/mol. The van der Waals surface area contributed by atoms with Crippen molar-refractivity contribution in [2.45, 2.75) is 106 Å². The van der Waals surface area contributed by atoms with Gasteiger partial charge in [0.2, 0.25) is 0 Å². The molecule has 0 saturated carbocycles. The molecule has 0 radical (unpaired) electrons. The average Bonchev–Trinajstić information content (AvgIpc) is 3.45. The summed E-state index contributed by atoms with van der Waals surface area (Å²) in [6.07, 6.45) is 16.3. The van der Waals surface area contributed by atoms with Crippen LogP contribution in [-0.2, 0) is 60.2 Å². The van der Waals surface area contributed by atoms with Crippen LogP contribution in [0.15, 0.2) is 71.4 Å². The number of benzene rings is 3. The summed E-state index contributed by atoms with van der Waals surface area (Å²) in [6.45, 7) is 16.1. The number of aryl methyl sites for hydroxylation is 6. The van der Waals surface area contributed by atoms with Crippen molar-refractivity contribution in [2.24, 2.45) is 0 Å². The van der Waals surface area contributed by atoms with Crippen LogP contribution in [0.3, 0.4) is 0 Å². The predicted octanol–water partition coefficient (Wildman–Crippen LogP) is -1.06. The van der Waals surface area contributed by atoms with E-state index in [1.165, 1.54) is 45.4 Å². The van der Waals surface area contributed by atoms with Crippen molar-refractivity contribution in [1.29, 1.82) is 0 Å². The standard InChI is InChI=1S/C38H49Si.3ClH.Ti/c1-8-15-34-16-17-35(27-34)39(36-21-28(9-2)18-29(10-3)22-36,37-23-30(11-4)19-31(12-5)24-37)38-25-32(13-6)20-33(14-7)26-38;;;;/h16,18-26H,8-15,17H2,1-7H3;3*1H;/q-1;;;;+4/p-3. The summed E-state index contributed by atoms with van der Waals surface area (Å²) in [5.74, 6) is 0. The van der Waals surface area contributed by atoms with E-state index < -0.39 is 8.07 Å². The van der Waals surface area contributed by atoms with Crippen molar-refractivity contribution in [3.8, 4) is 0 Å². The Morgan fingerprint density at radius 1 is 0.512 bits per heavy atom. The number of allylic oxidation sites excluding steroid dienone is 4. The summed E-state index contributed by atoms with van der Waals surface area (Å²) >= 11 is 0. The summed E-state index contributed by atoms with van der Waals surface area (Å²) in [4.78, 5) is 0. The van der Waals surface area contributed by atoms with Crippen LogP contribution in [0, 0.1) is 6.08 Å². The molecule has 0 unspecified atom stereocenters. The van der Waals surface area contributed by atoms with Crippen LogP contribution < -0.4 is 52.8 Å². The van der Waals surface area contributed by atoms with Gasteiger partial charge in [-0.1, -0.05) is 122 Å². The third kappa shape index (κ3) is 9.02. The van der Waals surface area contributed by atoms with Gasteiger partial charge in [-0.15, -0.1) is 0 Å². The van der Waals surface area contributed by atoms with Gasteiger partial charge in [-0.05, 0) is 87.5 Å². The van der Waals surface area contributed by atoms with Gasteiger partial charge in [-0.3, -0.25) is 6.08 Å². The topological polar surface area (TPSA) is 0 Å². The van der Waals surface area contributed by atoms with Crippen LogP contribution in [0.25, 0.3) is 0 Å². The number of halogens is 3. The Morgan fingerprint density at radius 3 is 1.07 bits per heavy atom. The van der Waals surface area contributed by atoms with Crippen LogP contribution in [0.5, 0.6) is 0 Å². The quantitative estimate of drug-likeness (QED) is 0.130. The van der Waals surface area contributed by atoms with Gasteiger partial charge in [0.25, 0.3) is 0 Å². The van der Waals surface area contributed by atoms with Gasteiger partial charge in [0.05, 0.1) is 0 Å². The molecule has 230 valence electrons. The molecule has 0 aliphatic heterocycles. The third-order valence-corrected chi connectivity index (χ3v) is 13.4. The molecule has 0 heterocycles. The molecule has 3 aromatic rings.